The molecule has 0 aliphatic rings. The van der Waals surface area contributed by atoms with Gasteiger partial charge in [0, 0.05) is 0 Å². The number of nitrogens with one attached hydrogen (secondary N) is 1. The second-order valence-electron chi connectivity index (χ2n) is 3.88. The fourth-order valence-corrected chi connectivity index (χ4v) is 1.29. The second kappa shape index (κ2) is 4.98. The first-order valence-corrected chi connectivity index (χ1v) is 4.97. The Labute approximate surface area is 89.1 Å². The molecule has 0 saturated heterocycles. The van der Waals surface area contributed by atoms with Crippen molar-refractivity contribution < 1.29 is 9.50 Å². The SMILES string of the molecule is CC(C)[C@@H](CO)Nc1cccc(F)c1N. The Morgan fingerprint density at radius 2 is 2.13 bits per heavy atom. The molecule has 84 valence electrons. The average molecular weight is 212 g/mol. The summed E-state index contributed by atoms with van der Waals surface area (Å²) in [7, 11) is 0. The Hall–Kier alpha value is -1.29. The first-order valence-electron chi connectivity index (χ1n) is 4.97. The Morgan fingerprint density at radius 3 is 2.67 bits per heavy atom. The average Bonchev–Trinajstić information content (AvgIpc) is 2.19. The van der Waals surface area contributed by atoms with Crippen LogP contribution >= 0.6 is 0 Å². The minimum absolute atomic E-state index is 0.00633. The maximum Gasteiger partial charge on any atom is 0.148 e. The van der Waals surface area contributed by atoms with Crippen LogP contribution in [-0.2, 0) is 0 Å². The molecule has 0 fully saturated rings. The number of anilines is 2. The normalized spacial score (nSPS) is 12.9. The summed E-state index contributed by atoms with van der Waals surface area (Å²) in [5.74, 6) is -0.196. The van der Waals surface area contributed by atoms with E-state index in [1.165, 1.54) is 6.07 Å². The number of rotatable bonds is 4. The molecule has 3 nitrogen and oxygen atoms in total. The highest BCUT2D eigenvalue weighted by Gasteiger charge is 2.13. The highest BCUT2D eigenvalue weighted by molar-refractivity contribution is 5.66. The summed E-state index contributed by atoms with van der Waals surface area (Å²) in [6, 6.07) is 4.48. The van der Waals surface area contributed by atoms with E-state index in [-0.39, 0.29) is 24.3 Å². The van der Waals surface area contributed by atoms with Crippen molar-refractivity contribution in [3.63, 3.8) is 0 Å². The van der Waals surface area contributed by atoms with Crippen molar-refractivity contribution in [1.29, 1.82) is 0 Å². The molecule has 1 atom stereocenters. The van der Waals surface area contributed by atoms with Crippen molar-refractivity contribution in [3.05, 3.63) is 24.0 Å². The highest BCUT2D eigenvalue weighted by atomic mass is 19.1. The molecule has 1 aromatic carbocycles. The van der Waals surface area contributed by atoms with Crippen LogP contribution in [0.1, 0.15) is 13.8 Å². The molecule has 0 radical (unpaired) electrons. The number of nitrogen functional groups attached to an aromatic ring is 1. The van der Waals surface area contributed by atoms with E-state index in [2.05, 4.69) is 5.32 Å². The third kappa shape index (κ3) is 2.83. The standard InChI is InChI=1S/C11H17FN2O/c1-7(2)10(6-15)14-9-5-3-4-8(12)11(9)13/h3-5,7,10,14-15H,6,13H2,1-2H3/t10-/m1/s1. The van der Waals surface area contributed by atoms with Crippen molar-refractivity contribution in [2.75, 3.05) is 17.7 Å². The van der Waals surface area contributed by atoms with Crippen LogP contribution in [0, 0.1) is 11.7 Å². The lowest BCUT2D eigenvalue weighted by Crippen LogP contribution is -2.29. The third-order valence-electron chi connectivity index (χ3n) is 2.40. The minimum atomic E-state index is -0.444. The minimum Gasteiger partial charge on any atom is -0.395 e. The highest BCUT2D eigenvalue weighted by Crippen LogP contribution is 2.23. The summed E-state index contributed by atoms with van der Waals surface area (Å²) >= 11 is 0. The maximum absolute atomic E-state index is 13.1. The molecule has 0 bridgehead atoms. The molecule has 1 aromatic rings. The first-order chi connectivity index (χ1) is 7.06. The smallest absolute Gasteiger partial charge is 0.148 e. The van der Waals surface area contributed by atoms with Crippen molar-refractivity contribution in [3.8, 4) is 0 Å². The molecule has 0 heterocycles. The van der Waals surface area contributed by atoms with Gasteiger partial charge in [-0.15, -0.1) is 0 Å². The van der Waals surface area contributed by atoms with Gasteiger partial charge in [0.05, 0.1) is 24.0 Å². The topological polar surface area (TPSA) is 58.3 Å². The molecule has 0 aromatic heterocycles. The van der Waals surface area contributed by atoms with Crippen molar-refractivity contribution in [2.24, 2.45) is 5.92 Å². The van der Waals surface area contributed by atoms with Crippen LogP contribution in [0.4, 0.5) is 15.8 Å². The van der Waals surface area contributed by atoms with E-state index >= 15 is 0 Å². The molecule has 0 amide bonds. The summed E-state index contributed by atoms with van der Waals surface area (Å²) in [5, 5.41) is 12.1. The molecule has 0 unspecified atom stereocenters. The number of benzene rings is 1. The lowest BCUT2D eigenvalue weighted by molar-refractivity contribution is 0.249. The summed E-state index contributed by atoms with van der Waals surface area (Å²) in [6.45, 7) is 3.94. The van der Waals surface area contributed by atoms with Crippen LogP contribution in [0.25, 0.3) is 0 Å². The van der Waals surface area contributed by atoms with Crippen LogP contribution in [0.5, 0.6) is 0 Å². The van der Waals surface area contributed by atoms with E-state index in [0.717, 1.165) is 0 Å². The quantitative estimate of drug-likeness (QED) is 0.667. The lowest BCUT2D eigenvalue weighted by Gasteiger charge is -2.22. The number of hydrogen-bond donors (Lipinski definition) is 3. The van der Waals surface area contributed by atoms with Crippen molar-refractivity contribution in [1.82, 2.24) is 0 Å². The zero-order valence-corrected chi connectivity index (χ0v) is 9.00. The van der Waals surface area contributed by atoms with Gasteiger partial charge in [-0.2, -0.15) is 0 Å². The van der Waals surface area contributed by atoms with Gasteiger partial charge >= 0.3 is 0 Å². The third-order valence-corrected chi connectivity index (χ3v) is 2.40. The number of aliphatic hydroxyl groups excluding tert-OH is 1. The number of halogens is 1. The van der Waals surface area contributed by atoms with Gasteiger partial charge in [-0.05, 0) is 18.1 Å². The van der Waals surface area contributed by atoms with Gasteiger partial charge in [0.25, 0.3) is 0 Å². The van der Waals surface area contributed by atoms with Gasteiger partial charge in [0.1, 0.15) is 5.82 Å². The lowest BCUT2D eigenvalue weighted by atomic mass is 10.0. The second-order valence-corrected chi connectivity index (χ2v) is 3.88. The van der Waals surface area contributed by atoms with Crippen molar-refractivity contribution >= 4 is 11.4 Å². The zero-order chi connectivity index (χ0) is 11.4. The van der Waals surface area contributed by atoms with Gasteiger partial charge in [-0.25, -0.2) is 4.39 Å². The Kier molecular flexibility index (Phi) is 3.91. The monoisotopic (exact) mass is 212 g/mol. The fraction of sp³-hybridized carbons (Fsp3) is 0.455. The van der Waals surface area contributed by atoms with Crippen LogP contribution in [0.15, 0.2) is 18.2 Å². The van der Waals surface area contributed by atoms with E-state index in [1.54, 1.807) is 12.1 Å². The number of para-hydroxylation sites is 1. The van der Waals surface area contributed by atoms with Gasteiger partial charge in [0.2, 0.25) is 0 Å². The maximum atomic E-state index is 13.1. The number of nitrogens with two attached hydrogens (primary N) is 1. The summed E-state index contributed by atoms with van der Waals surface area (Å²) in [6.07, 6.45) is 0. The van der Waals surface area contributed by atoms with E-state index in [1.807, 2.05) is 13.8 Å². The molecule has 4 N–H and O–H groups in total. The molecule has 0 spiro atoms. The summed E-state index contributed by atoms with van der Waals surface area (Å²) < 4.78 is 13.1. The summed E-state index contributed by atoms with van der Waals surface area (Å²) in [4.78, 5) is 0. The molecular weight excluding hydrogens is 195 g/mol. The Morgan fingerprint density at radius 1 is 1.47 bits per heavy atom. The molecule has 0 aliphatic carbocycles. The van der Waals surface area contributed by atoms with Crippen LogP contribution in [0.2, 0.25) is 0 Å². The van der Waals surface area contributed by atoms with Gasteiger partial charge in [-0.3, -0.25) is 0 Å². The van der Waals surface area contributed by atoms with Crippen LogP contribution in [0.3, 0.4) is 0 Å². The van der Waals surface area contributed by atoms with E-state index in [4.69, 9.17) is 10.8 Å². The van der Waals surface area contributed by atoms with Crippen LogP contribution in [-0.4, -0.2) is 17.8 Å². The Balaban J connectivity index is 2.84. The molecule has 15 heavy (non-hydrogen) atoms. The van der Waals surface area contributed by atoms with E-state index in [9.17, 15) is 4.39 Å². The number of hydrogen-bond acceptors (Lipinski definition) is 3. The molecule has 1 rings (SSSR count). The zero-order valence-electron chi connectivity index (χ0n) is 9.00. The van der Waals surface area contributed by atoms with Crippen molar-refractivity contribution in [2.45, 2.75) is 19.9 Å². The molecule has 4 heteroatoms. The van der Waals surface area contributed by atoms with Gasteiger partial charge in [-0.1, -0.05) is 19.9 Å². The van der Waals surface area contributed by atoms with Crippen LogP contribution < -0.4 is 11.1 Å². The summed E-state index contributed by atoms with van der Waals surface area (Å²) in [5.41, 5.74) is 6.19. The molecule has 0 aliphatic heterocycles. The predicted octanol–water partition coefficient (Wildman–Crippen LogP) is 1.84. The first kappa shape index (κ1) is 11.8. The van der Waals surface area contributed by atoms with Gasteiger partial charge in [0.15, 0.2) is 0 Å². The fourth-order valence-electron chi connectivity index (χ4n) is 1.29. The Bertz CT molecular complexity index is 328. The largest absolute Gasteiger partial charge is 0.395 e. The molecular formula is C11H17FN2O. The number of aliphatic hydroxyl groups is 1. The van der Waals surface area contributed by atoms with Gasteiger partial charge < -0.3 is 16.2 Å². The van der Waals surface area contributed by atoms with E-state index < -0.39 is 5.82 Å². The predicted molar refractivity (Wildman–Crippen MR) is 60.1 cm³/mol. The van der Waals surface area contributed by atoms with E-state index in [0.29, 0.717) is 5.69 Å². The molecule has 0 saturated carbocycles.